The van der Waals surface area contributed by atoms with E-state index in [0.29, 0.717) is 18.4 Å². The predicted octanol–water partition coefficient (Wildman–Crippen LogP) is 0.889. The molecule has 0 aromatic carbocycles. The Morgan fingerprint density at radius 1 is 1.37 bits per heavy atom. The van der Waals surface area contributed by atoms with Gasteiger partial charge in [-0.2, -0.15) is 0 Å². The van der Waals surface area contributed by atoms with Crippen molar-refractivity contribution in [3.05, 3.63) is 11.1 Å². The number of methoxy groups -OCH3 is 1. The molecule has 0 aromatic heterocycles. The minimum atomic E-state index is -1.41. The van der Waals surface area contributed by atoms with Gasteiger partial charge >= 0.3 is 17.9 Å². The fourth-order valence-electron chi connectivity index (χ4n) is 2.62. The molecule has 0 spiro atoms. The van der Waals surface area contributed by atoms with Crippen LogP contribution in [0.5, 0.6) is 0 Å². The van der Waals surface area contributed by atoms with E-state index in [9.17, 15) is 14.4 Å². The smallest absolute Gasteiger partial charge is 0.355 e. The van der Waals surface area contributed by atoms with Gasteiger partial charge in [0.1, 0.15) is 5.57 Å². The molecule has 6 nitrogen and oxygen atoms in total. The number of fused-ring (bicyclic) bond motifs is 1. The first kappa shape index (κ1) is 13.6. The van der Waals surface area contributed by atoms with Gasteiger partial charge in [0.15, 0.2) is 0 Å². The third kappa shape index (κ3) is 2.01. The van der Waals surface area contributed by atoms with Crippen molar-refractivity contribution < 1.29 is 28.6 Å². The zero-order chi connectivity index (χ0) is 14.0. The number of rotatable bonds is 3. The van der Waals surface area contributed by atoms with E-state index in [2.05, 4.69) is 4.74 Å². The lowest BCUT2D eigenvalue weighted by atomic mass is 9.79. The van der Waals surface area contributed by atoms with E-state index in [1.807, 2.05) is 0 Å². The van der Waals surface area contributed by atoms with Crippen molar-refractivity contribution in [2.75, 3.05) is 13.7 Å². The highest BCUT2D eigenvalue weighted by molar-refractivity contribution is 6.18. The SMILES string of the molecule is CCOC(=O)C12CCCCC1=C(C(=O)OC)C(=O)O2. The van der Waals surface area contributed by atoms with Gasteiger partial charge in [0.25, 0.3) is 0 Å². The Labute approximate surface area is 110 Å². The van der Waals surface area contributed by atoms with E-state index in [1.165, 1.54) is 7.11 Å². The maximum absolute atomic E-state index is 12.1. The largest absolute Gasteiger partial charge is 0.465 e. The summed E-state index contributed by atoms with van der Waals surface area (Å²) >= 11 is 0. The molecule has 104 valence electrons. The fraction of sp³-hybridized carbons (Fsp3) is 0.615. The summed E-state index contributed by atoms with van der Waals surface area (Å²) in [5.74, 6) is -2.15. The summed E-state index contributed by atoms with van der Waals surface area (Å²) in [5, 5.41) is 0. The van der Waals surface area contributed by atoms with Gasteiger partial charge in [-0.1, -0.05) is 0 Å². The number of esters is 3. The molecule has 0 radical (unpaired) electrons. The molecule has 1 atom stereocenters. The van der Waals surface area contributed by atoms with Crippen LogP contribution in [0.4, 0.5) is 0 Å². The normalized spacial score (nSPS) is 25.7. The van der Waals surface area contributed by atoms with Crippen LogP contribution in [0.15, 0.2) is 11.1 Å². The highest BCUT2D eigenvalue weighted by atomic mass is 16.6. The first-order valence-corrected chi connectivity index (χ1v) is 6.29. The Morgan fingerprint density at radius 2 is 2.11 bits per heavy atom. The van der Waals surface area contributed by atoms with E-state index in [0.717, 1.165) is 12.8 Å². The summed E-state index contributed by atoms with van der Waals surface area (Å²) < 4.78 is 14.8. The molecule has 1 fully saturated rings. The maximum atomic E-state index is 12.1. The highest BCUT2D eigenvalue weighted by Gasteiger charge is 2.56. The Bertz CT molecular complexity index is 464. The van der Waals surface area contributed by atoms with Crippen molar-refractivity contribution in [2.24, 2.45) is 0 Å². The van der Waals surface area contributed by atoms with Crippen LogP contribution in [0, 0.1) is 0 Å². The Morgan fingerprint density at radius 3 is 2.74 bits per heavy atom. The monoisotopic (exact) mass is 268 g/mol. The van der Waals surface area contributed by atoms with Crippen LogP contribution in [0.2, 0.25) is 0 Å². The Kier molecular flexibility index (Phi) is 3.59. The molecule has 1 aliphatic carbocycles. The summed E-state index contributed by atoms with van der Waals surface area (Å²) in [4.78, 5) is 35.7. The predicted molar refractivity (Wildman–Crippen MR) is 63.0 cm³/mol. The number of ether oxygens (including phenoxy) is 3. The van der Waals surface area contributed by atoms with E-state index in [-0.39, 0.29) is 12.2 Å². The van der Waals surface area contributed by atoms with Crippen LogP contribution in [0.3, 0.4) is 0 Å². The van der Waals surface area contributed by atoms with Crippen LogP contribution < -0.4 is 0 Å². The minimum absolute atomic E-state index is 0.143. The van der Waals surface area contributed by atoms with Crippen molar-refractivity contribution in [2.45, 2.75) is 38.2 Å². The van der Waals surface area contributed by atoms with E-state index < -0.39 is 23.5 Å². The molecule has 2 aliphatic rings. The zero-order valence-electron chi connectivity index (χ0n) is 11.0. The second-order valence-corrected chi connectivity index (χ2v) is 4.49. The van der Waals surface area contributed by atoms with Crippen LogP contribution >= 0.6 is 0 Å². The lowest BCUT2D eigenvalue weighted by Crippen LogP contribution is -2.44. The molecule has 19 heavy (non-hydrogen) atoms. The van der Waals surface area contributed by atoms with Gasteiger partial charge in [0, 0.05) is 12.0 Å². The molecular weight excluding hydrogens is 252 g/mol. The average molecular weight is 268 g/mol. The van der Waals surface area contributed by atoms with E-state index >= 15 is 0 Å². The first-order valence-electron chi connectivity index (χ1n) is 6.29. The minimum Gasteiger partial charge on any atom is -0.465 e. The molecule has 1 unspecified atom stereocenters. The summed E-state index contributed by atoms with van der Waals surface area (Å²) in [7, 11) is 1.19. The molecule has 0 aromatic rings. The van der Waals surface area contributed by atoms with E-state index in [4.69, 9.17) is 9.47 Å². The second kappa shape index (κ2) is 5.03. The van der Waals surface area contributed by atoms with Crippen molar-refractivity contribution >= 4 is 17.9 Å². The third-order valence-corrected chi connectivity index (χ3v) is 3.46. The van der Waals surface area contributed by atoms with Gasteiger partial charge < -0.3 is 14.2 Å². The van der Waals surface area contributed by atoms with Crippen molar-refractivity contribution in [3.63, 3.8) is 0 Å². The van der Waals surface area contributed by atoms with Crippen LogP contribution in [0.1, 0.15) is 32.6 Å². The number of hydrogen-bond acceptors (Lipinski definition) is 6. The van der Waals surface area contributed by atoms with Gasteiger partial charge in [-0.25, -0.2) is 14.4 Å². The van der Waals surface area contributed by atoms with Gasteiger partial charge in [-0.3, -0.25) is 0 Å². The number of carbonyl (C=O) groups is 3. The highest BCUT2D eigenvalue weighted by Crippen LogP contribution is 2.44. The molecule has 0 N–H and O–H groups in total. The van der Waals surface area contributed by atoms with Crippen LogP contribution in [0.25, 0.3) is 0 Å². The van der Waals surface area contributed by atoms with E-state index in [1.54, 1.807) is 6.92 Å². The van der Waals surface area contributed by atoms with Crippen molar-refractivity contribution in [3.8, 4) is 0 Å². The molecule has 1 aliphatic heterocycles. The Balaban J connectivity index is 2.47. The molecule has 6 heteroatoms. The molecule has 0 bridgehead atoms. The summed E-state index contributed by atoms with van der Waals surface area (Å²) in [6, 6.07) is 0. The molecule has 0 saturated heterocycles. The maximum Gasteiger partial charge on any atom is 0.355 e. The van der Waals surface area contributed by atoms with Crippen molar-refractivity contribution in [1.82, 2.24) is 0 Å². The lowest BCUT2D eigenvalue weighted by molar-refractivity contribution is -0.174. The molecular formula is C13H16O6. The number of carbonyl (C=O) groups excluding carboxylic acids is 3. The Hall–Kier alpha value is -1.85. The zero-order valence-corrected chi connectivity index (χ0v) is 11.0. The third-order valence-electron chi connectivity index (χ3n) is 3.46. The second-order valence-electron chi connectivity index (χ2n) is 4.49. The van der Waals surface area contributed by atoms with Gasteiger partial charge in [0.2, 0.25) is 5.60 Å². The van der Waals surface area contributed by atoms with Gasteiger partial charge in [0.05, 0.1) is 13.7 Å². The summed E-state index contributed by atoms with van der Waals surface area (Å²) in [6.45, 7) is 1.87. The van der Waals surface area contributed by atoms with Gasteiger partial charge in [-0.15, -0.1) is 0 Å². The summed E-state index contributed by atoms with van der Waals surface area (Å²) in [5.41, 5.74) is -1.14. The summed E-state index contributed by atoms with van der Waals surface area (Å²) in [6.07, 6.45) is 2.36. The standard InChI is InChI=1S/C13H16O6/c1-3-18-12(16)13-7-5-4-6-8(13)9(10(14)17-2)11(15)19-13/h3-7H2,1-2H3. The van der Waals surface area contributed by atoms with Crippen LogP contribution in [-0.4, -0.2) is 37.2 Å². The first-order chi connectivity index (χ1) is 9.06. The molecule has 0 amide bonds. The average Bonchev–Trinajstić information content (AvgIpc) is 2.71. The fourth-order valence-corrected chi connectivity index (χ4v) is 2.62. The number of hydrogen-bond donors (Lipinski definition) is 0. The molecule has 1 heterocycles. The quantitative estimate of drug-likeness (QED) is 0.429. The van der Waals surface area contributed by atoms with Crippen LogP contribution in [-0.2, 0) is 28.6 Å². The van der Waals surface area contributed by atoms with Crippen molar-refractivity contribution in [1.29, 1.82) is 0 Å². The van der Waals surface area contributed by atoms with Gasteiger partial charge in [-0.05, 0) is 26.2 Å². The molecule has 2 rings (SSSR count). The molecule has 1 saturated carbocycles. The topological polar surface area (TPSA) is 78.9 Å². The lowest BCUT2D eigenvalue weighted by Gasteiger charge is -2.31.